The van der Waals surface area contributed by atoms with Crippen LogP contribution in [0.3, 0.4) is 0 Å². The molecule has 0 N–H and O–H groups in total. The van der Waals surface area contributed by atoms with E-state index in [1.54, 1.807) is 0 Å². The molecule has 57 heavy (non-hydrogen) atoms. The van der Waals surface area contributed by atoms with Crippen molar-refractivity contribution < 1.29 is 9.15 Å². The van der Waals surface area contributed by atoms with Crippen LogP contribution >= 0.6 is 0 Å². The summed E-state index contributed by atoms with van der Waals surface area (Å²) in [4.78, 5) is 15.0. The van der Waals surface area contributed by atoms with E-state index in [1.165, 1.54) is 33.0 Å². The Bertz CT molecular complexity index is 3170. The average Bonchev–Trinajstić information content (AvgIpc) is 3.96. The lowest BCUT2D eigenvalue weighted by Gasteiger charge is -2.18. The van der Waals surface area contributed by atoms with Crippen LogP contribution in [0.5, 0.6) is 5.75 Å². The Hall–Kier alpha value is -7.31. The van der Waals surface area contributed by atoms with Crippen molar-refractivity contribution in [3.05, 3.63) is 185 Å². The van der Waals surface area contributed by atoms with Crippen LogP contribution in [0.15, 0.2) is 162 Å². The largest absolute Gasteiger partial charge is 0.483 e. The predicted molar refractivity (Wildman–Crippen MR) is 228 cm³/mol. The molecule has 0 fully saturated rings. The molecule has 0 bridgehead atoms. The summed E-state index contributed by atoms with van der Waals surface area (Å²) in [5, 5.41) is 4.63. The van der Waals surface area contributed by atoms with E-state index in [2.05, 4.69) is 114 Å². The van der Waals surface area contributed by atoms with Gasteiger partial charge in [-0.3, -0.25) is 0 Å². The second-order valence-electron chi connectivity index (χ2n) is 15.0. The van der Waals surface area contributed by atoms with E-state index in [0.717, 1.165) is 74.0 Å². The summed E-state index contributed by atoms with van der Waals surface area (Å²) in [7, 11) is 0. The highest BCUT2D eigenvalue weighted by Crippen LogP contribution is 2.49. The highest BCUT2D eigenvalue weighted by Gasteiger charge is 2.35. The lowest BCUT2D eigenvalue weighted by molar-refractivity contribution is 0.279. The topological polar surface area (TPSA) is 66.0 Å². The molecule has 1 aliphatic heterocycles. The Balaban J connectivity index is 0.957. The molecule has 270 valence electrons. The van der Waals surface area contributed by atoms with Gasteiger partial charge in [-0.2, -0.15) is 0 Å². The SMILES string of the molecule is C1=CC(c2ccc3c4c(oc3c2)=CCC(c2nc(-c3ccccc3)nc(-c3ccccc3)n2)C=4)=C2c3cccc(-n4c5ccccc5c5ccccc54)c3OC2C1. The first-order valence-electron chi connectivity index (χ1n) is 19.6. The number of nitrogens with zero attached hydrogens (tertiary/aromatic N) is 4. The van der Waals surface area contributed by atoms with Gasteiger partial charge in [0.15, 0.2) is 17.4 Å². The third kappa shape index (κ3) is 5.07. The van der Waals surface area contributed by atoms with Crippen LogP contribution in [0.4, 0.5) is 0 Å². The fourth-order valence-electron chi connectivity index (χ4n) is 9.03. The molecule has 0 radical (unpaired) electrons. The van der Waals surface area contributed by atoms with E-state index >= 15 is 0 Å². The lowest BCUT2D eigenvalue weighted by atomic mass is 9.87. The van der Waals surface area contributed by atoms with Gasteiger partial charge in [0, 0.05) is 56.0 Å². The minimum absolute atomic E-state index is 0.0336. The molecule has 6 heteroatoms. The molecular weight excluding hydrogens is 701 g/mol. The standard InChI is InChI=1S/C51H34N4O2/c1-3-13-31(14-4-1)49-52-50(32-15-5-2-6-16-32)54-51(53-49)34-26-28-44-40(29-34)38-27-25-33(30-46(38)56-44)35-19-12-24-45-47(35)39-20-11-23-43(48(39)57-45)55-41-21-9-7-17-36(41)37-18-8-10-22-42(37)55/h1-23,25,27-30,34,45H,24,26H2. The second kappa shape index (κ2) is 12.6. The lowest BCUT2D eigenvalue weighted by Crippen LogP contribution is -2.25. The van der Waals surface area contributed by atoms with Crippen LogP contribution in [0.25, 0.3) is 84.5 Å². The molecule has 3 aliphatic rings. The summed E-state index contributed by atoms with van der Waals surface area (Å²) in [5.41, 5.74) is 11.7. The number of aromatic nitrogens is 4. The fraction of sp³-hybridized carbons (Fsp3) is 0.0784. The van der Waals surface area contributed by atoms with Gasteiger partial charge in [0.1, 0.15) is 22.9 Å². The van der Waals surface area contributed by atoms with Crippen molar-refractivity contribution in [1.82, 2.24) is 19.5 Å². The van der Waals surface area contributed by atoms with Crippen LogP contribution in [0.2, 0.25) is 0 Å². The summed E-state index contributed by atoms with van der Waals surface area (Å²) in [6.45, 7) is 0. The van der Waals surface area contributed by atoms with Crippen molar-refractivity contribution in [3.63, 3.8) is 0 Å². The Morgan fingerprint density at radius 1 is 0.596 bits per heavy atom. The normalized spacial score (nSPS) is 16.9. The van der Waals surface area contributed by atoms with Crippen LogP contribution < -0.4 is 15.4 Å². The highest BCUT2D eigenvalue weighted by molar-refractivity contribution is 6.10. The molecule has 12 rings (SSSR count). The molecule has 4 heterocycles. The minimum atomic E-state index is -0.0703. The van der Waals surface area contributed by atoms with Crippen molar-refractivity contribution in [3.8, 4) is 34.2 Å². The highest BCUT2D eigenvalue weighted by atomic mass is 16.5. The second-order valence-corrected chi connectivity index (χ2v) is 15.0. The first-order valence-corrected chi connectivity index (χ1v) is 19.6. The average molecular weight is 735 g/mol. The van der Waals surface area contributed by atoms with Crippen molar-refractivity contribution in [2.75, 3.05) is 0 Å². The maximum absolute atomic E-state index is 6.92. The van der Waals surface area contributed by atoms with Gasteiger partial charge in [-0.05, 0) is 54.0 Å². The number of para-hydroxylation sites is 3. The van der Waals surface area contributed by atoms with Crippen LogP contribution in [-0.2, 0) is 0 Å². The number of hydrogen-bond donors (Lipinski definition) is 0. The van der Waals surface area contributed by atoms with E-state index in [0.29, 0.717) is 11.6 Å². The quantitative estimate of drug-likeness (QED) is 0.176. The van der Waals surface area contributed by atoms with E-state index in [1.807, 2.05) is 60.7 Å². The summed E-state index contributed by atoms with van der Waals surface area (Å²) >= 11 is 0. The zero-order chi connectivity index (χ0) is 37.5. The zero-order valence-electron chi connectivity index (χ0n) is 30.8. The molecule has 2 unspecified atom stereocenters. The summed E-state index contributed by atoms with van der Waals surface area (Å²) in [5.74, 6) is 3.00. The molecule has 3 aromatic heterocycles. The van der Waals surface area contributed by atoms with E-state index in [4.69, 9.17) is 24.1 Å². The van der Waals surface area contributed by atoms with Crippen molar-refractivity contribution in [2.24, 2.45) is 0 Å². The number of fused-ring (bicyclic) bond motifs is 9. The Kier molecular flexibility index (Phi) is 7.08. The first-order chi connectivity index (χ1) is 28.2. The summed E-state index contributed by atoms with van der Waals surface area (Å²) in [6.07, 6.45) is 10.4. The molecular formula is C51H34N4O2. The number of hydrogen-bond acceptors (Lipinski definition) is 5. The first kappa shape index (κ1) is 32.0. The third-order valence-corrected chi connectivity index (χ3v) is 11.7. The van der Waals surface area contributed by atoms with E-state index in [-0.39, 0.29) is 12.0 Å². The molecule has 6 aromatic carbocycles. The number of allylic oxidation sites excluding steroid dienone is 2. The Morgan fingerprint density at radius 2 is 1.28 bits per heavy atom. The third-order valence-electron chi connectivity index (χ3n) is 11.7. The maximum atomic E-state index is 6.92. The number of rotatable bonds is 5. The van der Waals surface area contributed by atoms with Gasteiger partial charge in [0.2, 0.25) is 0 Å². The van der Waals surface area contributed by atoms with Gasteiger partial charge in [-0.1, -0.05) is 133 Å². The minimum Gasteiger partial charge on any atom is -0.483 e. The van der Waals surface area contributed by atoms with E-state index < -0.39 is 0 Å². The molecule has 6 nitrogen and oxygen atoms in total. The van der Waals surface area contributed by atoms with Gasteiger partial charge >= 0.3 is 0 Å². The Morgan fingerprint density at radius 3 is 2.00 bits per heavy atom. The van der Waals surface area contributed by atoms with E-state index in [9.17, 15) is 0 Å². The van der Waals surface area contributed by atoms with Crippen molar-refractivity contribution >= 4 is 56.1 Å². The van der Waals surface area contributed by atoms with Gasteiger partial charge in [-0.15, -0.1) is 0 Å². The van der Waals surface area contributed by atoms with Gasteiger partial charge < -0.3 is 13.7 Å². The summed E-state index contributed by atoms with van der Waals surface area (Å²) < 4.78 is 15.9. The molecule has 0 spiro atoms. The smallest absolute Gasteiger partial charge is 0.163 e. The van der Waals surface area contributed by atoms with Crippen molar-refractivity contribution in [2.45, 2.75) is 24.9 Å². The van der Waals surface area contributed by atoms with Gasteiger partial charge in [-0.25, -0.2) is 15.0 Å². The van der Waals surface area contributed by atoms with Crippen molar-refractivity contribution in [1.29, 1.82) is 0 Å². The van der Waals surface area contributed by atoms with Crippen LogP contribution in [-0.4, -0.2) is 25.6 Å². The maximum Gasteiger partial charge on any atom is 0.163 e. The molecule has 2 atom stereocenters. The summed E-state index contributed by atoms with van der Waals surface area (Å²) in [6, 6.07) is 50.7. The molecule has 0 saturated heterocycles. The zero-order valence-corrected chi connectivity index (χ0v) is 30.8. The molecule has 9 aromatic rings. The number of furan rings is 1. The Labute approximate surface area is 328 Å². The number of benzene rings is 6. The molecule has 0 amide bonds. The number of ether oxygens (including phenoxy) is 1. The fourth-order valence-corrected chi connectivity index (χ4v) is 9.03. The predicted octanol–water partition coefficient (Wildman–Crippen LogP) is 10.4. The van der Waals surface area contributed by atoms with Crippen LogP contribution in [0, 0.1) is 0 Å². The molecule has 2 aliphatic carbocycles. The van der Waals surface area contributed by atoms with Crippen LogP contribution in [0.1, 0.15) is 35.7 Å². The molecule has 0 saturated carbocycles. The van der Waals surface area contributed by atoms with Gasteiger partial charge in [0.05, 0.1) is 16.7 Å². The monoisotopic (exact) mass is 734 g/mol. The van der Waals surface area contributed by atoms with Gasteiger partial charge in [0.25, 0.3) is 0 Å².